The summed E-state index contributed by atoms with van der Waals surface area (Å²) in [5.74, 6) is -0.0777. The van der Waals surface area contributed by atoms with Crippen molar-refractivity contribution in [2.24, 2.45) is 0 Å². The van der Waals surface area contributed by atoms with Crippen LogP contribution in [0.3, 0.4) is 0 Å². The van der Waals surface area contributed by atoms with Crippen LogP contribution in [0.25, 0.3) is 11.1 Å². The molecule has 0 spiro atoms. The fourth-order valence-corrected chi connectivity index (χ4v) is 7.13. The van der Waals surface area contributed by atoms with Gasteiger partial charge in [0, 0.05) is 88.0 Å². The number of carbonyl (C=O) groups is 1. The van der Waals surface area contributed by atoms with Crippen molar-refractivity contribution >= 4 is 52.4 Å². The van der Waals surface area contributed by atoms with E-state index in [0.29, 0.717) is 77.2 Å². The maximum Gasteiger partial charge on any atom is 0.326 e. The number of nitrogens with one attached hydrogen (secondary N) is 1. The number of nitrogens with zero attached hydrogens (tertiary/aromatic N) is 4. The summed E-state index contributed by atoms with van der Waals surface area (Å²) in [5, 5.41) is 52.0. The van der Waals surface area contributed by atoms with Gasteiger partial charge in [0.25, 0.3) is 0 Å². The molecule has 2 heterocycles. The molecule has 2 aromatic heterocycles. The van der Waals surface area contributed by atoms with Gasteiger partial charge in [-0.05, 0) is 31.2 Å². The molecule has 0 amide bonds. The fraction of sp³-hybridized carbons (Fsp3) is 0.196. The highest BCUT2D eigenvalue weighted by atomic mass is 35.5. The van der Waals surface area contributed by atoms with Crippen molar-refractivity contribution in [2.75, 3.05) is 6.61 Å². The van der Waals surface area contributed by atoms with Crippen molar-refractivity contribution in [3.8, 4) is 46.3 Å². The molecule has 0 aliphatic carbocycles. The lowest BCUT2D eigenvalue weighted by molar-refractivity contribution is -0.145. The van der Waals surface area contributed by atoms with Crippen LogP contribution in [-0.4, -0.2) is 43.4 Å². The Balaban J connectivity index is 1.19. The van der Waals surface area contributed by atoms with Crippen LogP contribution in [0.4, 0.5) is 0 Å². The number of hydrogen-bond donors (Lipinski definition) is 4. The minimum absolute atomic E-state index is 0.0164. The Morgan fingerprint density at radius 2 is 1.11 bits per heavy atom. The van der Waals surface area contributed by atoms with E-state index in [-0.39, 0.29) is 61.1 Å². The fourth-order valence-electron chi connectivity index (χ4n) is 6.08. The third-order valence-corrected chi connectivity index (χ3v) is 11.2. The highest BCUT2D eigenvalue weighted by Crippen LogP contribution is 2.40. The molecule has 4 aromatic carbocycles. The molecular formula is C46H37Cl4N5O8. The average molecular weight is 930 g/mol. The van der Waals surface area contributed by atoms with Crippen LogP contribution in [0.2, 0.25) is 20.1 Å². The van der Waals surface area contributed by atoms with Gasteiger partial charge >= 0.3 is 5.97 Å². The summed E-state index contributed by atoms with van der Waals surface area (Å²) in [6.45, 7) is 0.407. The van der Waals surface area contributed by atoms with Gasteiger partial charge < -0.3 is 34.3 Å². The molecule has 0 aliphatic rings. The second kappa shape index (κ2) is 21.3. The molecule has 4 N–H and O–H groups in total. The number of aromatic nitrogens is 2. The molecular weight excluding hydrogens is 892 g/mol. The summed E-state index contributed by atoms with van der Waals surface area (Å²) in [4.78, 5) is 20.0. The van der Waals surface area contributed by atoms with E-state index in [9.17, 15) is 30.6 Å². The zero-order valence-corrected chi connectivity index (χ0v) is 36.4. The molecule has 0 radical (unpaired) electrons. The minimum Gasteiger partial charge on any atom is -0.488 e. The SMILES string of the molecule is C[C@](CO)(NCc1cc(Cl)c(OCc2cccc(-c3cccc(COc4cc(OCc5cncc(C#N)c5)c(CO)cc4Cl)c3Cl)c2Cl)cc1OCc1cncc(C#N)c1)C(=O)O. The lowest BCUT2D eigenvalue weighted by Gasteiger charge is -2.25. The lowest BCUT2D eigenvalue weighted by Crippen LogP contribution is -2.52. The zero-order valence-electron chi connectivity index (χ0n) is 33.4. The Bertz CT molecular complexity index is 2730. The van der Waals surface area contributed by atoms with Crippen LogP contribution < -0.4 is 24.3 Å². The Labute approximate surface area is 382 Å². The summed E-state index contributed by atoms with van der Waals surface area (Å²) in [7, 11) is 0. The molecule has 0 bridgehead atoms. The first-order valence-corrected chi connectivity index (χ1v) is 20.5. The third kappa shape index (κ3) is 11.5. The van der Waals surface area contributed by atoms with Gasteiger partial charge in [0.15, 0.2) is 0 Å². The highest BCUT2D eigenvalue weighted by molar-refractivity contribution is 6.37. The first-order valence-electron chi connectivity index (χ1n) is 19.0. The van der Waals surface area contributed by atoms with E-state index in [1.807, 2.05) is 36.4 Å². The molecule has 13 nitrogen and oxygen atoms in total. The maximum absolute atomic E-state index is 11.9. The number of nitriles is 2. The van der Waals surface area contributed by atoms with E-state index in [2.05, 4.69) is 15.3 Å². The third-order valence-electron chi connectivity index (χ3n) is 9.71. The number of carboxylic acid groups (broad SMARTS) is 1. The smallest absolute Gasteiger partial charge is 0.326 e. The van der Waals surface area contributed by atoms with Crippen molar-refractivity contribution in [1.29, 1.82) is 10.5 Å². The number of aliphatic hydroxyl groups is 2. The molecule has 0 saturated carbocycles. The number of aliphatic carboxylic acids is 1. The summed E-state index contributed by atoms with van der Waals surface area (Å²) in [6.07, 6.45) is 6.02. The van der Waals surface area contributed by atoms with E-state index in [1.54, 1.807) is 60.9 Å². The van der Waals surface area contributed by atoms with Gasteiger partial charge in [-0.25, -0.2) is 0 Å². The van der Waals surface area contributed by atoms with Crippen molar-refractivity contribution in [1.82, 2.24) is 15.3 Å². The topological polar surface area (TPSA) is 200 Å². The number of halogens is 4. The van der Waals surface area contributed by atoms with Gasteiger partial charge in [-0.1, -0.05) is 82.8 Å². The van der Waals surface area contributed by atoms with Crippen molar-refractivity contribution in [2.45, 2.75) is 52.0 Å². The molecule has 0 fully saturated rings. The molecule has 63 heavy (non-hydrogen) atoms. The van der Waals surface area contributed by atoms with Gasteiger partial charge in [0.1, 0.15) is 67.1 Å². The lowest BCUT2D eigenvalue weighted by atomic mass is 10.0. The van der Waals surface area contributed by atoms with Crippen LogP contribution in [0, 0.1) is 22.7 Å². The quantitative estimate of drug-likeness (QED) is 0.0600. The molecule has 0 unspecified atom stereocenters. The van der Waals surface area contributed by atoms with Crippen LogP contribution in [0.15, 0.2) is 97.6 Å². The number of benzene rings is 4. The maximum atomic E-state index is 11.9. The normalized spacial score (nSPS) is 11.8. The molecule has 17 heteroatoms. The van der Waals surface area contributed by atoms with Crippen molar-refractivity contribution in [3.05, 3.63) is 162 Å². The van der Waals surface area contributed by atoms with Crippen molar-refractivity contribution < 1.29 is 39.1 Å². The predicted octanol–water partition coefficient (Wildman–Crippen LogP) is 9.23. The number of pyridine rings is 2. The minimum atomic E-state index is -1.64. The average Bonchev–Trinajstić information content (AvgIpc) is 3.29. The number of aliphatic hydroxyl groups excluding tert-OH is 2. The highest BCUT2D eigenvalue weighted by Gasteiger charge is 2.32. The summed E-state index contributed by atoms with van der Waals surface area (Å²) in [6, 6.07) is 24.5. The first kappa shape index (κ1) is 46.4. The Morgan fingerprint density at radius 1 is 0.651 bits per heavy atom. The number of hydrogen-bond acceptors (Lipinski definition) is 12. The Morgan fingerprint density at radius 3 is 1.56 bits per heavy atom. The van der Waals surface area contributed by atoms with Crippen LogP contribution >= 0.6 is 46.4 Å². The Hall–Kier alpha value is -6.13. The number of rotatable bonds is 19. The number of carboxylic acids is 1. The molecule has 322 valence electrons. The molecule has 0 aliphatic heterocycles. The second-order valence-electron chi connectivity index (χ2n) is 14.2. The van der Waals surface area contributed by atoms with E-state index in [0.717, 1.165) is 0 Å². The van der Waals surface area contributed by atoms with Gasteiger partial charge in [0.2, 0.25) is 0 Å². The van der Waals surface area contributed by atoms with Crippen molar-refractivity contribution in [3.63, 3.8) is 0 Å². The van der Waals surface area contributed by atoms with Crippen LogP contribution in [-0.2, 0) is 44.4 Å². The zero-order chi connectivity index (χ0) is 45.1. The monoisotopic (exact) mass is 927 g/mol. The van der Waals surface area contributed by atoms with Gasteiger partial charge in [-0.15, -0.1) is 0 Å². The predicted molar refractivity (Wildman–Crippen MR) is 236 cm³/mol. The van der Waals surface area contributed by atoms with E-state index < -0.39 is 18.1 Å². The van der Waals surface area contributed by atoms with Gasteiger partial charge in [0.05, 0.1) is 44.4 Å². The Kier molecular flexibility index (Phi) is 15.7. The van der Waals surface area contributed by atoms with Gasteiger partial charge in [-0.2, -0.15) is 10.5 Å². The summed E-state index contributed by atoms with van der Waals surface area (Å²) >= 11 is 27.3. The van der Waals surface area contributed by atoms with E-state index in [1.165, 1.54) is 19.3 Å². The molecule has 6 rings (SSSR count). The first-order chi connectivity index (χ1) is 30.4. The number of ether oxygens (including phenoxy) is 4. The standard InChI is InChI=1S/C46H37Cl4N5O8/c1-46(26-57,45(58)59)55-20-33-10-37(47)41(12-39(33)60-22-29-8-27(14-51)16-53-18-29)62-24-31-4-2-6-35(43(31)49)36-7-3-5-32(44(36)50)25-63-42-13-40(34(21-56)11-38(42)48)61-23-30-9-28(15-52)17-54-19-30/h2-13,16-19,55-57H,20-26H2,1H3,(H,58,59)/t46-/m1/s1. The molecule has 0 saturated heterocycles. The van der Waals surface area contributed by atoms with E-state index in [4.69, 9.17) is 65.4 Å². The van der Waals surface area contributed by atoms with Crippen LogP contribution in [0.5, 0.6) is 23.0 Å². The summed E-state index contributed by atoms with van der Waals surface area (Å²) in [5.41, 5.74) is 3.77. The van der Waals surface area contributed by atoms with E-state index >= 15 is 0 Å². The largest absolute Gasteiger partial charge is 0.488 e. The second-order valence-corrected chi connectivity index (χ2v) is 15.8. The van der Waals surface area contributed by atoms with Gasteiger partial charge in [-0.3, -0.25) is 20.1 Å². The summed E-state index contributed by atoms with van der Waals surface area (Å²) < 4.78 is 24.4. The molecule has 6 aromatic rings. The van der Waals surface area contributed by atoms with Crippen LogP contribution in [0.1, 0.15) is 51.4 Å². The molecule has 1 atom stereocenters.